The van der Waals surface area contributed by atoms with Gasteiger partial charge in [0.2, 0.25) is 0 Å². The van der Waals surface area contributed by atoms with E-state index in [1.807, 2.05) is 24.3 Å². The molecule has 4 rings (SSSR count). The van der Waals surface area contributed by atoms with Crippen LogP contribution in [0.5, 0.6) is 0 Å². The molecule has 6 heteroatoms. The number of nitrogens with zero attached hydrogens (tertiary/aromatic N) is 3. The summed E-state index contributed by atoms with van der Waals surface area (Å²) in [7, 11) is 0. The second-order valence-corrected chi connectivity index (χ2v) is 5.07. The molecule has 0 bridgehead atoms. The minimum absolute atomic E-state index is 0.268. The third kappa shape index (κ3) is 2.66. The number of hydrogen-bond acceptors (Lipinski definition) is 4. The van der Waals surface area contributed by atoms with Crippen molar-refractivity contribution < 1.29 is 8.81 Å². The molecule has 0 atom stereocenters. The minimum atomic E-state index is -0.268. The zero-order chi connectivity index (χ0) is 15.6. The topological polar surface area (TPSA) is 55.4 Å². The first-order valence-electron chi connectivity index (χ1n) is 7.16. The van der Waals surface area contributed by atoms with Crippen LogP contribution in [0.25, 0.3) is 16.9 Å². The van der Waals surface area contributed by atoms with E-state index in [1.54, 1.807) is 29.1 Å². The molecule has 0 saturated heterocycles. The highest BCUT2D eigenvalue weighted by Crippen LogP contribution is 2.22. The summed E-state index contributed by atoms with van der Waals surface area (Å²) in [5, 5.41) is 7.56. The first-order chi connectivity index (χ1) is 11.3. The van der Waals surface area contributed by atoms with Crippen LogP contribution < -0.4 is 5.32 Å². The van der Waals surface area contributed by atoms with E-state index in [0.29, 0.717) is 12.2 Å². The van der Waals surface area contributed by atoms with Crippen molar-refractivity contribution in [2.75, 3.05) is 5.32 Å². The Morgan fingerprint density at radius 1 is 1.13 bits per heavy atom. The normalized spacial score (nSPS) is 11.0. The molecule has 3 aromatic heterocycles. The van der Waals surface area contributed by atoms with Crippen LogP contribution in [0, 0.1) is 5.82 Å². The van der Waals surface area contributed by atoms with E-state index in [-0.39, 0.29) is 5.82 Å². The average Bonchev–Trinajstić information content (AvgIpc) is 3.24. The molecule has 23 heavy (non-hydrogen) atoms. The van der Waals surface area contributed by atoms with Crippen LogP contribution in [0.4, 0.5) is 10.2 Å². The summed E-state index contributed by atoms with van der Waals surface area (Å²) < 4.78 is 20.2. The fraction of sp³-hybridized carbons (Fsp3) is 0.0588. The Labute approximate surface area is 131 Å². The molecule has 0 fully saturated rings. The molecule has 5 nitrogen and oxygen atoms in total. The number of aromatic nitrogens is 3. The van der Waals surface area contributed by atoms with Gasteiger partial charge < -0.3 is 9.73 Å². The summed E-state index contributed by atoms with van der Waals surface area (Å²) >= 11 is 0. The second-order valence-electron chi connectivity index (χ2n) is 5.07. The van der Waals surface area contributed by atoms with E-state index in [9.17, 15) is 4.39 Å². The van der Waals surface area contributed by atoms with E-state index in [0.717, 1.165) is 22.8 Å². The van der Waals surface area contributed by atoms with Crippen molar-refractivity contribution in [3.63, 3.8) is 0 Å². The largest absolute Gasteiger partial charge is 0.467 e. The highest BCUT2D eigenvalue weighted by molar-refractivity contribution is 5.66. The molecule has 0 aliphatic heterocycles. The number of halogens is 1. The highest BCUT2D eigenvalue weighted by Gasteiger charge is 2.09. The molecule has 1 N–H and O–H groups in total. The van der Waals surface area contributed by atoms with Gasteiger partial charge in [-0.2, -0.15) is 9.61 Å². The van der Waals surface area contributed by atoms with Gasteiger partial charge in [0.1, 0.15) is 17.4 Å². The quantitative estimate of drug-likeness (QED) is 0.624. The average molecular weight is 308 g/mol. The molecule has 3 heterocycles. The van der Waals surface area contributed by atoms with E-state index < -0.39 is 0 Å². The number of nitrogens with one attached hydrogen (secondary N) is 1. The summed E-state index contributed by atoms with van der Waals surface area (Å²) in [4.78, 5) is 4.56. The molecule has 1 aromatic carbocycles. The molecular formula is C17H13FN4O. The van der Waals surface area contributed by atoms with Gasteiger partial charge in [0.05, 0.1) is 24.7 Å². The van der Waals surface area contributed by atoms with Gasteiger partial charge in [0.15, 0.2) is 5.65 Å². The van der Waals surface area contributed by atoms with Crippen molar-refractivity contribution in [1.82, 2.24) is 14.6 Å². The van der Waals surface area contributed by atoms with Crippen LogP contribution in [0.2, 0.25) is 0 Å². The first-order valence-corrected chi connectivity index (χ1v) is 7.16. The maximum atomic E-state index is 13.1. The first kappa shape index (κ1) is 13.5. The van der Waals surface area contributed by atoms with E-state index in [4.69, 9.17) is 4.42 Å². The fourth-order valence-corrected chi connectivity index (χ4v) is 2.40. The summed E-state index contributed by atoms with van der Waals surface area (Å²) in [5.41, 5.74) is 2.31. The standard InChI is InChI=1S/C17H13FN4O/c18-13-5-3-12(4-6-13)15-10-17(19-11-14-2-1-9-23-14)22-16(21-15)7-8-20-22/h1-10,19H,11H2. The van der Waals surface area contributed by atoms with Crippen molar-refractivity contribution >= 4 is 11.5 Å². The Morgan fingerprint density at radius 2 is 2.00 bits per heavy atom. The predicted molar refractivity (Wildman–Crippen MR) is 84.4 cm³/mol. The number of furan rings is 1. The third-order valence-corrected chi connectivity index (χ3v) is 3.52. The molecule has 114 valence electrons. The molecular weight excluding hydrogens is 295 g/mol. The van der Waals surface area contributed by atoms with Crippen molar-refractivity contribution in [1.29, 1.82) is 0 Å². The number of anilines is 1. The van der Waals surface area contributed by atoms with Crippen LogP contribution in [0.1, 0.15) is 5.76 Å². The summed E-state index contributed by atoms with van der Waals surface area (Å²) in [6.45, 7) is 0.537. The van der Waals surface area contributed by atoms with Crippen LogP contribution in [-0.4, -0.2) is 14.6 Å². The van der Waals surface area contributed by atoms with E-state index in [2.05, 4.69) is 15.4 Å². The lowest BCUT2D eigenvalue weighted by Gasteiger charge is -2.10. The van der Waals surface area contributed by atoms with Crippen molar-refractivity contribution in [2.45, 2.75) is 6.54 Å². The molecule has 0 saturated carbocycles. The molecule has 0 unspecified atom stereocenters. The van der Waals surface area contributed by atoms with Crippen molar-refractivity contribution in [2.24, 2.45) is 0 Å². The van der Waals surface area contributed by atoms with Gasteiger partial charge in [-0.05, 0) is 36.4 Å². The Hall–Kier alpha value is -3.15. The van der Waals surface area contributed by atoms with Gasteiger partial charge in [0, 0.05) is 17.7 Å². The Kier molecular flexibility index (Phi) is 3.27. The van der Waals surface area contributed by atoms with Crippen molar-refractivity contribution in [3.05, 3.63) is 72.6 Å². The molecule has 0 aliphatic rings. The van der Waals surface area contributed by atoms with Gasteiger partial charge in [-0.15, -0.1) is 0 Å². The summed E-state index contributed by atoms with van der Waals surface area (Å²) in [6, 6.07) is 13.7. The highest BCUT2D eigenvalue weighted by atomic mass is 19.1. The minimum Gasteiger partial charge on any atom is -0.467 e. The smallest absolute Gasteiger partial charge is 0.157 e. The number of hydrogen-bond donors (Lipinski definition) is 1. The van der Waals surface area contributed by atoms with Gasteiger partial charge in [-0.3, -0.25) is 0 Å². The van der Waals surface area contributed by atoms with Crippen LogP contribution in [-0.2, 0) is 6.54 Å². The Morgan fingerprint density at radius 3 is 2.78 bits per heavy atom. The lowest BCUT2D eigenvalue weighted by Crippen LogP contribution is -2.06. The second kappa shape index (κ2) is 5.57. The molecule has 0 amide bonds. The number of fused-ring (bicyclic) bond motifs is 1. The van der Waals surface area contributed by atoms with Crippen LogP contribution in [0.3, 0.4) is 0 Å². The van der Waals surface area contributed by atoms with Crippen LogP contribution >= 0.6 is 0 Å². The fourth-order valence-electron chi connectivity index (χ4n) is 2.40. The van der Waals surface area contributed by atoms with Gasteiger partial charge >= 0.3 is 0 Å². The van der Waals surface area contributed by atoms with E-state index >= 15 is 0 Å². The van der Waals surface area contributed by atoms with E-state index in [1.165, 1.54) is 12.1 Å². The summed E-state index contributed by atoms with van der Waals surface area (Å²) in [6.07, 6.45) is 3.33. The molecule has 4 aromatic rings. The van der Waals surface area contributed by atoms with Crippen molar-refractivity contribution in [3.8, 4) is 11.3 Å². The Bertz CT molecular complexity index is 929. The molecule has 0 radical (unpaired) electrons. The maximum Gasteiger partial charge on any atom is 0.157 e. The van der Waals surface area contributed by atoms with Gasteiger partial charge in [-0.25, -0.2) is 9.37 Å². The maximum absolute atomic E-state index is 13.1. The SMILES string of the molecule is Fc1ccc(-c2cc(NCc3ccco3)n3nccc3n2)cc1. The molecule has 0 spiro atoms. The third-order valence-electron chi connectivity index (χ3n) is 3.52. The lowest BCUT2D eigenvalue weighted by atomic mass is 10.1. The molecule has 0 aliphatic carbocycles. The zero-order valence-electron chi connectivity index (χ0n) is 12.1. The summed E-state index contributed by atoms with van der Waals surface area (Å²) in [5.74, 6) is 1.34. The Balaban J connectivity index is 1.73. The van der Waals surface area contributed by atoms with Gasteiger partial charge in [-0.1, -0.05) is 0 Å². The monoisotopic (exact) mass is 308 g/mol. The predicted octanol–water partition coefficient (Wildman–Crippen LogP) is 3.74. The number of benzene rings is 1. The van der Waals surface area contributed by atoms with Crippen LogP contribution in [0.15, 0.2) is 65.4 Å². The number of rotatable bonds is 4. The lowest BCUT2D eigenvalue weighted by molar-refractivity contribution is 0.517. The van der Waals surface area contributed by atoms with Gasteiger partial charge in [0.25, 0.3) is 0 Å². The zero-order valence-corrected chi connectivity index (χ0v) is 12.1.